The van der Waals surface area contributed by atoms with Crippen LogP contribution in [-0.4, -0.2) is 16.3 Å². The smallest absolute Gasteiger partial charge is 0.255 e. The van der Waals surface area contributed by atoms with Crippen molar-refractivity contribution in [1.29, 1.82) is 0 Å². The SMILES string of the molecule is O=[C]c1cnc2cc3ccccc3cc2n1. The first-order valence-corrected chi connectivity index (χ1v) is 4.90. The Morgan fingerprint density at radius 1 is 1.00 bits per heavy atom. The predicted molar refractivity (Wildman–Crippen MR) is 61.8 cm³/mol. The minimum Gasteiger partial charge on any atom is -0.283 e. The van der Waals surface area contributed by atoms with E-state index in [-0.39, 0.29) is 5.69 Å². The first kappa shape index (κ1) is 8.97. The molecule has 75 valence electrons. The molecule has 3 heteroatoms. The highest BCUT2D eigenvalue weighted by molar-refractivity contribution is 5.95. The number of aromatic nitrogens is 2. The van der Waals surface area contributed by atoms with E-state index in [0.29, 0.717) is 0 Å². The molecule has 0 amide bonds. The van der Waals surface area contributed by atoms with Gasteiger partial charge in [-0.3, -0.25) is 9.78 Å². The summed E-state index contributed by atoms with van der Waals surface area (Å²) in [6, 6.07) is 11.9. The molecule has 0 fully saturated rings. The summed E-state index contributed by atoms with van der Waals surface area (Å²) in [5, 5.41) is 2.21. The van der Waals surface area contributed by atoms with E-state index < -0.39 is 0 Å². The van der Waals surface area contributed by atoms with E-state index in [1.54, 1.807) is 6.29 Å². The minimum absolute atomic E-state index is 0.239. The zero-order chi connectivity index (χ0) is 11.0. The van der Waals surface area contributed by atoms with Gasteiger partial charge in [-0.2, -0.15) is 0 Å². The second-order valence-electron chi connectivity index (χ2n) is 3.55. The Bertz CT molecular complexity index is 692. The summed E-state index contributed by atoms with van der Waals surface area (Å²) in [6.07, 6.45) is 3.18. The van der Waals surface area contributed by atoms with Crippen molar-refractivity contribution in [3.05, 3.63) is 48.3 Å². The molecule has 3 rings (SSSR count). The van der Waals surface area contributed by atoms with Gasteiger partial charge in [0.2, 0.25) is 0 Å². The zero-order valence-electron chi connectivity index (χ0n) is 8.34. The van der Waals surface area contributed by atoms with Crippen molar-refractivity contribution in [2.75, 3.05) is 0 Å². The van der Waals surface area contributed by atoms with Crippen LogP contribution < -0.4 is 0 Å². The topological polar surface area (TPSA) is 42.9 Å². The molecular formula is C13H7N2O. The van der Waals surface area contributed by atoms with Crippen LogP contribution in [0.4, 0.5) is 0 Å². The van der Waals surface area contributed by atoms with Crippen molar-refractivity contribution >= 4 is 28.1 Å². The number of carbonyl (C=O) groups excluding carboxylic acids is 1. The van der Waals surface area contributed by atoms with Gasteiger partial charge < -0.3 is 0 Å². The molecule has 2 aromatic carbocycles. The Morgan fingerprint density at radius 3 is 2.38 bits per heavy atom. The Hall–Kier alpha value is -2.29. The molecule has 0 atom stereocenters. The summed E-state index contributed by atoms with van der Waals surface area (Å²) in [7, 11) is 0. The van der Waals surface area contributed by atoms with Gasteiger partial charge in [-0.05, 0) is 22.9 Å². The van der Waals surface area contributed by atoms with Crippen LogP contribution in [0.3, 0.4) is 0 Å². The van der Waals surface area contributed by atoms with Gasteiger partial charge in [-0.25, -0.2) is 4.98 Å². The number of nitrogens with zero attached hydrogens (tertiary/aromatic N) is 2. The lowest BCUT2D eigenvalue weighted by Gasteiger charge is -2.00. The van der Waals surface area contributed by atoms with E-state index in [0.717, 1.165) is 21.8 Å². The maximum absolute atomic E-state index is 10.5. The number of hydrogen-bond acceptors (Lipinski definition) is 3. The average Bonchev–Trinajstić information content (AvgIpc) is 2.35. The third-order valence-electron chi connectivity index (χ3n) is 2.51. The summed E-state index contributed by atoms with van der Waals surface area (Å²) in [5.41, 5.74) is 1.75. The standard InChI is InChI=1S/C13H7N2O/c16-8-11-7-14-12-5-9-3-1-2-4-10(9)6-13(12)15-11/h1-7H. The van der Waals surface area contributed by atoms with Crippen LogP contribution in [0.2, 0.25) is 0 Å². The van der Waals surface area contributed by atoms with Crippen molar-refractivity contribution in [3.8, 4) is 0 Å². The summed E-state index contributed by atoms with van der Waals surface area (Å²) in [4.78, 5) is 18.8. The van der Waals surface area contributed by atoms with Gasteiger partial charge in [0.05, 0.1) is 17.2 Å². The molecule has 0 aliphatic rings. The molecule has 3 nitrogen and oxygen atoms in total. The maximum atomic E-state index is 10.5. The second kappa shape index (κ2) is 3.38. The van der Waals surface area contributed by atoms with E-state index in [1.165, 1.54) is 6.20 Å². The summed E-state index contributed by atoms with van der Waals surface area (Å²) < 4.78 is 0. The van der Waals surface area contributed by atoms with Gasteiger partial charge >= 0.3 is 0 Å². The zero-order valence-corrected chi connectivity index (χ0v) is 8.34. The highest BCUT2D eigenvalue weighted by Crippen LogP contribution is 2.19. The van der Waals surface area contributed by atoms with Crippen molar-refractivity contribution in [2.45, 2.75) is 0 Å². The third-order valence-corrected chi connectivity index (χ3v) is 2.51. The average molecular weight is 207 g/mol. The molecular weight excluding hydrogens is 200 g/mol. The highest BCUT2D eigenvalue weighted by atomic mass is 16.1. The van der Waals surface area contributed by atoms with Crippen molar-refractivity contribution < 1.29 is 4.79 Å². The number of rotatable bonds is 1. The number of benzene rings is 2. The number of fused-ring (bicyclic) bond motifs is 2. The molecule has 0 N–H and O–H groups in total. The Balaban J connectivity index is 2.41. The summed E-state index contributed by atoms with van der Waals surface area (Å²) in [5.74, 6) is 0. The fourth-order valence-electron chi connectivity index (χ4n) is 1.75. The first-order chi connectivity index (χ1) is 7.86. The van der Waals surface area contributed by atoms with Gasteiger partial charge in [-0.15, -0.1) is 0 Å². The molecule has 0 aliphatic carbocycles. The van der Waals surface area contributed by atoms with Crippen molar-refractivity contribution in [2.24, 2.45) is 0 Å². The van der Waals surface area contributed by atoms with Crippen LogP contribution in [0.15, 0.2) is 42.6 Å². The highest BCUT2D eigenvalue weighted by Gasteiger charge is 2.01. The lowest BCUT2D eigenvalue weighted by atomic mass is 10.1. The maximum Gasteiger partial charge on any atom is 0.255 e. The predicted octanol–water partition coefficient (Wildman–Crippen LogP) is 2.24. The molecule has 0 aliphatic heterocycles. The molecule has 0 unspecified atom stereocenters. The van der Waals surface area contributed by atoms with Crippen molar-refractivity contribution in [3.63, 3.8) is 0 Å². The second-order valence-corrected chi connectivity index (χ2v) is 3.55. The molecule has 16 heavy (non-hydrogen) atoms. The molecule has 0 spiro atoms. The molecule has 1 aromatic heterocycles. The van der Waals surface area contributed by atoms with Crippen LogP contribution in [0.5, 0.6) is 0 Å². The van der Waals surface area contributed by atoms with Gasteiger partial charge in [-0.1, -0.05) is 24.3 Å². The minimum atomic E-state index is 0.239. The molecule has 0 bridgehead atoms. The Morgan fingerprint density at radius 2 is 1.69 bits per heavy atom. The van der Waals surface area contributed by atoms with Crippen LogP contribution in [0.25, 0.3) is 21.8 Å². The normalized spacial score (nSPS) is 10.8. The lowest BCUT2D eigenvalue weighted by Crippen LogP contribution is -1.91. The van der Waals surface area contributed by atoms with E-state index in [1.807, 2.05) is 36.4 Å². The molecule has 3 aromatic rings. The van der Waals surface area contributed by atoms with Crippen LogP contribution >= 0.6 is 0 Å². The first-order valence-electron chi connectivity index (χ1n) is 4.90. The fraction of sp³-hybridized carbons (Fsp3) is 0. The summed E-state index contributed by atoms with van der Waals surface area (Å²) in [6.45, 7) is 0. The third kappa shape index (κ3) is 1.34. The van der Waals surface area contributed by atoms with Gasteiger partial charge in [0, 0.05) is 0 Å². The number of hydrogen-bond donors (Lipinski definition) is 0. The summed E-state index contributed by atoms with van der Waals surface area (Å²) >= 11 is 0. The van der Waals surface area contributed by atoms with Gasteiger partial charge in [0.15, 0.2) is 0 Å². The lowest BCUT2D eigenvalue weighted by molar-refractivity contribution is 0.561. The van der Waals surface area contributed by atoms with E-state index in [4.69, 9.17) is 0 Å². The Labute approximate surface area is 91.8 Å². The van der Waals surface area contributed by atoms with Crippen molar-refractivity contribution in [1.82, 2.24) is 9.97 Å². The van der Waals surface area contributed by atoms with Gasteiger partial charge in [0.25, 0.3) is 6.29 Å². The van der Waals surface area contributed by atoms with Gasteiger partial charge in [0.1, 0.15) is 5.69 Å². The quantitative estimate of drug-likeness (QED) is 0.575. The fourth-order valence-corrected chi connectivity index (χ4v) is 1.75. The Kier molecular flexibility index (Phi) is 1.90. The van der Waals surface area contributed by atoms with Crippen LogP contribution in [-0.2, 0) is 4.79 Å². The molecule has 0 saturated carbocycles. The largest absolute Gasteiger partial charge is 0.283 e. The van der Waals surface area contributed by atoms with Crippen LogP contribution in [0, 0.1) is 0 Å². The monoisotopic (exact) mass is 207 g/mol. The molecule has 0 saturated heterocycles. The van der Waals surface area contributed by atoms with E-state index >= 15 is 0 Å². The molecule has 1 radical (unpaired) electrons. The van der Waals surface area contributed by atoms with Crippen LogP contribution in [0.1, 0.15) is 5.69 Å². The van der Waals surface area contributed by atoms with E-state index in [9.17, 15) is 4.79 Å². The molecule has 1 heterocycles. The van der Waals surface area contributed by atoms with E-state index in [2.05, 4.69) is 9.97 Å².